The van der Waals surface area contributed by atoms with Gasteiger partial charge in [-0.25, -0.2) is 4.98 Å². The minimum Gasteiger partial charge on any atom is -0.370 e. The first kappa shape index (κ1) is 15.3. The van der Waals surface area contributed by atoms with Gasteiger partial charge in [0.25, 0.3) is 5.91 Å². The van der Waals surface area contributed by atoms with Crippen molar-refractivity contribution in [3.8, 4) is 0 Å². The van der Waals surface area contributed by atoms with Gasteiger partial charge >= 0.3 is 6.18 Å². The van der Waals surface area contributed by atoms with Gasteiger partial charge in [0.15, 0.2) is 0 Å². The van der Waals surface area contributed by atoms with Gasteiger partial charge in [-0.15, -0.1) is 0 Å². The molecule has 2 N–H and O–H groups in total. The lowest BCUT2D eigenvalue weighted by atomic mass is 10.2. The van der Waals surface area contributed by atoms with Gasteiger partial charge in [0.2, 0.25) is 0 Å². The first-order chi connectivity index (χ1) is 9.85. The second kappa shape index (κ2) is 6.13. The molecule has 1 heterocycles. The first-order valence-corrected chi connectivity index (χ1v) is 6.23. The highest BCUT2D eigenvalue weighted by atomic mass is 19.4. The van der Waals surface area contributed by atoms with Crippen molar-refractivity contribution in [1.29, 1.82) is 0 Å². The summed E-state index contributed by atoms with van der Waals surface area (Å²) >= 11 is 0. The van der Waals surface area contributed by atoms with Gasteiger partial charge in [-0.3, -0.25) is 4.79 Å². The number of benzene rings is 1. The number of hydrogen-bond acceptors (Lipinski definition) is 3. The maximum atomic E-state index is 12.0. The van der Waals surface area contributed by atoms with E-state index in [0.717, 1.165) is 5.52 Å². The minimum absolute atomic E-state index is 0.211. The number of imidazole rings is 1. The summed E-state index contributed by atoms with van der Waals surface area (Å²) in [6, 6.07) is 4.38. The highest BCUT2D eigenvalue weighted by molar-refractivity contribution is 5.97. The van der Waals surface area contributed by atoms with Crippen LogP contribution in [0, 0.1) is 0 Å². The van der Waals surface area contributed by atoms with Crippen molar-refractivity contribution >= 4 is 16.9 Å². The average Bonchev–Trinajstić information content (AvgIpc) is 2.83. The van der Waals surface area contributed by atoms with Crippen molar-refractivity contribution in [3.05, 3.63) is 30.1 Å². The van der Waals surface area contributed by atoms with Crippen molar-refractivity contribution in [2.24, 2.45) is 0 Å². The van der Waals surface area contributed by atoms with Crippen LogP contribution in [0.1, 0.15) is 17.3 Å². The highest BCUT2D eigenvalue weighted by Gasteiger charge is 2.27. The fraction of sp³-hybridized carbons (Fsp3) is 0.385. The van der Waals surface area contributed by atoms with Crippen LogP contribution < -0.4 is 5.32 Å². The van der Waals surface area contributed by atoms with E-state index in [1.807, 2.05) is 0 Å². The molecule has 0 aliphatic rings. The topological polar surface area (TPSA) is 67.0 Å². The SMILES string of the molecule is C[C@@H](COCC(F)(F)F)NC(=O)c1ccc2nc[nH]c2c1. The van der Waals surface area contributed by atoms with Crippen LogP contribution in [0.5, 0.6) is 0 Å². The Morgan fingerprint density at radius 3 is 2.95 bits per heavy atom. The number of alkyl halides is 3. The Bertz CT molecular complexity index is 624. The zero-order chi connectivity index (χ0) is 15.5. The van der Waals surface area contributed by atoms with Crippen molar-refractivity contribution in [2.45, 2.75) is 19.1 Å². The summed E-state index contributed by atoms with van der Waals surface area (Å²) in [7, 11) is 0. The molecule has 0 bridgehead atoms. The molecule has 2 aromatic rings. The van der Waals surface area contributed by atoms with Crippen LogP contribution in [0.2, 0.25) is 0 Å². The van der Waals surface area contributed by atoms with Gasteiger partial charge in [-0.2, -0.15) is 13.2 Å². The Morgan fingerprint density at radius 1 is 1.48 bits per heavy atom. The number of aromatic nitrogens is 2. The molecule has 0 aliphatic carbocycles. The summed E-state index contributed by atoms with van der Waals surface area (Å²) in [4.78, 5) is 18.9. The van der Waals surface area contributed by atoms with Crippen LogP contribution in [-0.2, 0) is 4.74 Å². The Balaban J connectivity index is 1.88. The van der Waals surface area contributed by atoms with Crippen LogP contribution in [-0.4, -0.2) is 41.3 Å². The normalized spacial score (nSPS) is 13.3. The van der Waals surface area contributed by atoms with Crippen LogP contribution >= 0.6 is 0 Å². The van der Waals surface area contributed by atoms with Crippen LogP contribution in [0.25, 0.3) is 11.0 Å². The third kappa shape index (κ3) is 4.45. The predicted octanol–water partition coefficient (Wildman–Crippen LogP) is 2.26. The highest BCUT2D eigenvalue weighted by Crippen LogP contribution is 2.14. The Labute approximate surface area is 118 Å². The standard InChI is InChI=1S/C13H14F3N3O2/c1-8(5-21-6-13(14,15)16)19-12(20)9-2-3-10-11(4-9)18-7-17-10/h2-4,7-8H,5-6H2,1H3,(H,17,18)(H,19,20)/t8-/m0/s1. The lowest BCUT2D eigenvalue weighted by Crippen LogP contribution is -2.36. The van der Waals surface area contributed by atoms with Crippen LogP contribution in [0.15, 0.2) is 24.5 Å². The molecule has 0 fully saturated rings. The quantitative estimate of drug-likeness (QED) is 0.890. The zero-order valence-corrected chi connectivity index (χ0v) is 11.2. The number of nitrogens with one attached hydrogen (secondary N) is 2. The number of rotatable bonds is 5. The lowest BCUT2D eigenvalue weighted by molar-refractivity contribution is -0.174. The number of halogens is 3. The summed E-state index contributed by atoms with van der Waals surface area (Å²) < 4.78 is 40.3. The fourth-order valence-corrected chi connectivity index (χ4v) is 1.78. The average molecular weight is 301 g/mol. The van der Waals surface area contributed by atoms with E-state index in [1.54, 1.807) is 25.1 Å². The fourth-order valence-electron chi connectivity index (χ4n) is 1.78. The van der Waals surface area contributed by atoms with Crippen molar-refractivity contribution < 1.29 is 22.7 Å². The van der Waals surface area contributed by atoms with E-state index >= 15 is 0 Å². The van der Waals surface area contributed by atoms with Gasteiger partial charge in [0.05, 0.1) is 24.0 Å². The molecule has 5 nitrogen and oxygen atoms in total. The van der Waals surface area contributed by atoms with E-state index in [-0.39, 0.29) is 12.5 Å². The Hall–Kier alpha value is -2.09. The molecule has 2 rings (SSSR count). The van der Waals surface area contributed by atoms with E-state index in [4.69, 9.17) is 0 Å². The third-order valence-electron chi connectivity index (χ3n) is 2.69. The molecule has 0 saturated heterocycles. The molecule has 0 spiro atoms. The number of nitrogens with zero attached hydrogens (tertiary/aromatic N) is 1. The summed E-state index contributed by atoms with van der Waals surface area (Å²) in [5, 5.41) is 2.57. The lowest BCUT2D eigenvalue weighted by Gasteiger charge is -2.15. The minimum atomic E-state index is -4.37. The molecule has 1 amide bonds. The number of amides is 1. The largest absolute Gasteiger partial charge is 0.411 e. The smallest absolute Gasteiger partial charge is 0.370 e. The van der Waals surface area contributed by atoms with Gasteiger partial charge < -0.3 is 15.0 Å². The van der Waals surface area contributed by atoms with Crippen molar-refractivity contribution in [2.75, 3.05) is 13.2 Å². The molecular weight excluding hydrogens is 287 g/mol. The molecule has 0 aliphatic heterocycles. The number of H-pyrrole nitrogens is 1. The number of aromatic amines is 1. The molecule has 8 heteroatoms. The molecule has 1 aromatic carbocycles. The Kier molecular flexibility index (Phi) is 4.46. The van der Waals surface area contributed by atoms with E-state index in [9.17, 15) is 18.0 Å². The van der Waals surface area contributed by atoms with Gasteiger partial charge in [0, 0.05) is 11.6 Å². The number of hydrogen-bond donors (Lipinski definition) is 2. The monoisotopic (exact) mass is 301 g/mol. The zero-order valence-electron chi connectivity index (χ0n) is 11.2. The van der Waals surface area contributed by atoms with Crippen molar-refractivity contribution in [3.63, 3.8) is 0 Å². The van der Waals surface area contributed by atoms with Crippen molar-refractivity contribution in [1.82, 2.24) is 15.3 Å². The molecule has 21 heavy (non-hydrogen) atoms. The molecule has 1 aromatic heterocycles. The van der Waals surface area contributed by atoms with Crippen LogP contribution in [0.4, 0.5) is 13.2 Å². The second-order valence-corrected chi connectivity index (χ2v) is 4.64. The molecular formula is C13H14F3N3O2. The maximum absolute atomic E-state index is 12.0. The molecule has 1 atom stereocenters. The van der Waals surface area contributed by atoms with Gasteiger partial charge in [-0.05, 0) is 25.1 Å². The number of fused-ring (bicyclic) bond motifs is 1. The number of carbonyl (C=O) groups excluding carboxylic acids is 1. The molecule has 0 unspecified atom stereocenters. The van der Waals surface area contributed by atoms with E-state index in [0.29, 0.717) is 11.1 Å². The van der Waals surface area contributed by atoms with Crippen LogP contribution in [0.3, 0.4) is 0 Å². The molecule has 114 valence electrons. The van der Waals surface area contributed by atoms with E-state index < -0.39 is 18.8 Å². The molecule has 0 saturated carbocycles. The maximum Gasteiger partial charge on any atom is 0.411 e. The molecule has 0 radical (unpaired) electrons. The number of ether oxygens (including phenoxy) is 1. The second-order valence-electron chi connectivity index (χ2n) is 4.64. The van der Waals surface area contributed by atoms with Gasteiger partial charge in [-0.1, -0.05) is 0 Å². The summed E-state index contributed by atoms with van der Waals surface area (Å²) in [6.07, 6.45) is -2.85. The third-order valence-corrected chi connectivity index (χ3v) is 2.69. The van der Waals surface area contributed by atoms with E-state index in [2.05, 4.69) is 20.0 Å². The van der Waals surface area contributed by atoms with Gasteiger partial charge in [0.1, 0.15) is 6.61 Å². The summed E-state index contributed by atoms with van der Waals surface area (Å²) in [5.74, 6) is -0.380. The number of carbonyl (C=O) groups is 1. The summed E-state index contributed by atoms with van der Waals surface area (Å²) in [5.41, 5.74) is 1.84. The first-order valence-electron chi connectivity index (χ1n) is 6.23. The van der Waals surface area contributed by atoms with E-state index in [1.165, 1.54) is 6.33 Å². The predicted molar refractivity (Wildman–Crippen MR) is 69.9 cm³/mol. The Morgan fingerprint density at radius 2 is 2.24 bits per heavy atom. The summed E-state index contributed by atoms with van der Waals surface area (Å²) in [6.45, 7) is 0.0356.